The molecule has 2 N–H and O–H groups in total. The van der Waals surface area contributed by atoms with Gasteiger partial charge in [-0.2, -0.15) is 0 Å². The maximum atomic E-state index is 12.4. The first-order valence-electron chi connectivity index (χ1n) is 8.17. The van der Waals surface area contributed by atoms with Crippen LogP contribution < -0.4 is 10.9 Å². The van der Waals surface area contributed by atoms with Gasteiger partial charge in [0.25, 0.3) is 11.5 Å². The van der Waals surface area contributed by atoms with Crippen molar-refractivity contribution < 1.29 is 9.59 Å². The third kappa shape index (κ3) is 3.78. The number of hydrogen-bond donors (Lipinski definition) is 2. The number of aromatic amines is 1. The van der Waals surface area contributed by atoms with Crippen LogP contribution in [0.5, 0.6) is 0 Å². The number of amides is 1. The number of benzene rings is 2. The molecule has 0 atom stereocenters. The lowest BCUT2D eigenvalue weighted by atomic mass is 10.1. The van der Waals surface area contributed by atoms with Crippen LogP contribution in [0.25, 0.3) is 11.3 Å². The van der Waals surface area contributed by atoms with Gasteiger partial charge in [0.05, 0.1) is 0 Å². The van der Waals surface area contributed by atoms with Gasteiger partial charge in [-0.1, -0.05) is 42.0 Å². The number of hydrogen-bond acceptors (Lipinski definition) is 3. The molecule has 0 aliphatic carbocycles. The normalized spacial score (nSPS) is 10.4. The fourth-order valence-electron chi connectivity index (χ4n) is 2.57. The van der Waals surface area contributed by atoms with Crippen LogP contribution in [0.3, 0.4) is 0 Å². The molecule has 3 rings (SSSR count). The summed E-state index contributed by atoms with van der Waals surface area (Å²) in [5.41, 5.74) is 3.13. The molecular formula is C21H18N2O3. The highest BCUT2D eigenvalue weighted by Crippen LogP contribution is 2.17. The van der Waals surface area contributed by atoms with Gasteiger partial charge in [-0.05, 0) is 43.7 Å². The smallest absolute Gasteiger partial charge is 0.261 e. The molecule has 0 aliphatic heterocycles. The summed E-state index contributed by atoms with van der Waals surface area (Å²) in [4.78, 5) is 38.9. The highest BCUT2D eigenvalue weighted by molar-refractivity contribution is 6.05. The third-order valence-electron chi connectivity index (χ3n) is 4.04. The van der Waals surface area contributed by atoms with Crippen LogP contribution in [0.15, 0.2) is 65.5 Å². The maximum Gasteiger partial charge on any atom is 0.261 e. The van der Waals surface area contributed by atoms with E-state index in [9.17, 15) is 14.4 Å². The lowest BCUT2D eigenvalue weighted by Gasteiger charge is -2.07. The molecule has 0 radical (unpaired) electrons. The van der Waals surface area contributed by atoms with Crippen molar-refractivity contribution in [1.82, 2.24) is 4.98 Å². The van der Waals surface area contributed by atoms with Crippen LogP contribution in [-0.4, -0.2) is 16.7 Å². The second-order valence-electron chi connectivity index (χ2n) is 6.07. The number of aromatic nitrogens is 1. The van der Waals surface area contributed by atoms with Gasteiger partial charge in [0.15, 0.2) is 5.78 Å². The summed E-state index contributed by atoms with van der Waals surface area (Å²) in [6, 6.07) is 17.5. The van der Waals surface area contributed by atoms with Gasteiger partial charge in [-0.15, -0.1) is 0 Å². The fraction of sp³-hybridized carbons (Fsp3) is 0.0952. The Labute approximate surface area is 150 Å². The molecule has 1 heterocycles. The highest BCUT2D eigenvalue weighted by Gasteiger charge is 2.12. The Morgan fingerprint density at radius 1 is 0.962 bits per heavy atom. The molecule has 5 heteroatoms. The van der Waals surface area contributed by atoms with Gasteiger partial charge < -0.3 is 10.3 Å². The lowest BCUT2D eigenvalue weighted by Crippen LogP contribution is -2.23. The summed E-state index contributed by atoms with van der Waals surface area (Å²) in [6.45, 7) is 3.44. The molecule has 0 saturated heterocycles. The summed E-state index contributed by atoms with van der Waals surface area (Å²) in [5, 5.41) is 2.65. The predicted octanol–water partition coefficient (Wildman–Crippen LogP) is 3.81. The molecule has 0 unspecified atom stereocenters. The Morgan fingerprint density at radius 3 is 2.35 bits per heavy atom. The Kier molecular flexibility index (Phi) is 4.80. The van der Waals surface area contributed by atoms with Gasteiger partial charge in [-0.25, -0.2) is 0 Å². The highest BCUT2D eigenvalue weighted by atomic mass is 16.2. The van der Waals surface area contributed by atoms with Crippen molar-refractivity contribution in [2.75, 3.05) is 5.32 Å². The van der Waals surface area contributed by atoms with Crippen LogP contribution in [-0.2, 0) is 0 Å². The van der Waals surface area contributed by atoms with E-state index in [-0.39, 0.29) is 11.3 Å². The molecule has 2 aromatic carbocycles. The molecular weight excluding hydrogens is 328 g/mol. The topological polar surface area (TPSA) is 79.0 Å². The number of carbonyl (C=O) groups excluding carboxylic acids is 2. The number of Topliss-reactive ketones (excluding diaryl/α,β-unsaturated/α-hetero) is 1. The Bertz CT molecular complexity index is 1030. The summed E-state index contributed by atoms with van der Waals surface area (Å²) >= 11 is 0. The summed E-state index contributed by atoms with van der Waals surface area (Å²) in [6.07, 6.45) is 0. The van der Waals surface area contributed by atoms with Gasteiger partial charge in [-0.3, -0.25) is 14.4 Å². The monoisotopic (exact) mass is 346 g/mol. The largest absolute Gasteiger partial charge is 0.322 e. The van der Waals surface area contributed by atoms with Gasteiger partial charge in [0, 0.05) is 16.9 Å². The minimum absolute atomic E-state index is 0.00842. The van der Waals surface area contributed by atoms with E-state index in [2.05, 4.69) is 10.3 Å². The number of H-pyrrole nitrogens is 1. The minimum atomic E-state index is -0.526. The number of pyridine rings is 1. The number of carbonyl (C=O) groups is 2. The minimum Gasteiger partial charge on any atom is -0.322 e. The molecule has 5 nitrogen and oxygen atoms in total. The van der Waals surface area contributed by atoms with Crippen LogP contribution in [0.1, 0.15) is 33.2 Å². The van der Waals surface area contributed by atoms with E-state index in [0.29, 0.717) is 16.9 Å². The molecule has 0 saturated carbocycles. The van der Waals surface area contributed by atoms with Crippen LogP contribution >= 0.6 is 0 Å². The van der Waals surface area contributed by atoms with E-state index < -0.39 is 11.5 Å². The number of rotatable bonds is 4. The van der Waals surface area contributed by atoms with Crippen molar-refractivity contribution in [3.63, 3.8) is 0 Å². The Balaban J connectivity index is 1.84. The predicted molar refractivity (Wildman–Crippen MR) is 102 cm³/mol. The first-order chi connectivity index (χ1) is 12.4. The molecule has 0 aliphatic rings. The first-order valence-corrected chi connectivity index (χ1v) is 8.17. The van der Waals surface area contributed by atoms with E-state index >= 15 is 0 Å². The lowest BCUT2D eigenvalue weighted by molar-refractivity contribution is 0.101. The van der Waals surface area contributed by atoms with E-state index in [1.54, 1.807) is 30.3 Å². The number of ketones is 1. The molecule has 130 valence electrons. The number of nitrogens with one attached hydrogen (secondary N) is 2. The average Bonchev–Trinajstić information content (AvgIpc) is 2.62. The Hall–Kier alpha value is -3.47. The third-order valence-corrected chi connectivity index (χ3v) is 4.04. The van der Waals surface area contributed by atoms with E-state index in [0.717, 1.165) is 11.1 Å². The molecule has 26 heavy (non-hydrogen) atoms. The van der Waals surface area contributed by atoms with Crippen molar-refractivity contribution in [3.8, 4) is 11.3 Å². The summed E-state index contributed by atoms with van der Waals surface area (Å²) < 4.78 is 0. The molecule has 1 aromatic heterocycles. The fourth-order valence-corrected chi connectivity index (χ4v) is 2.57. The molecule has 0 spiro atoms. The second kappa shape index (κ2) is 7.19. The maximum absolute atomic E-state index is 12.4. The van der Waals surface area contributed by atoms with E-state index in [1.165, 1.54) is 13.0 Å². The Morgan fingerprint density at radius 2 is 1.69 bits per heavy atom. The quantitative estimate of drug-likeness (QED) is 0.705. The zero-order valence-corrected chi connectivity index (χ0v) is 14.5. The van der Waals surface area contributed by atoms with Crippen molar-refractivity contribution in [3.05, 3.63) is 87.7 Å². The van der Waals surface area contributed by atoms with Crippen LogP contribution in [0.4, 0.5) is 5.69 Å². The standard InChI is InChI=1S/C21H18N2O3/c1-13-6-8-15(9-7-13)19-11-10-18(21(26)23-19)20(25)22-17-5-3-4-16(12-17)14(2)24/h3-12H,1-2H3,(H,22,25)(H,23,26). The molecule has 1 amide bonds. The molecule has 3 aromatic rings. The summed E-state index contributed by atoms with van der Waals surface area (Å²) in [7, 11) is 0. The molecule has 0 bridgehead atoms. The van der Waals surface area contributed by atoms with Gasteiger partial charge in [0.2, 0.25) is 0 Å². The van der Waals surface area contributed by atoms with Crippen molar-refractivity contribution >= 4 is 17.4 Å². The molecule has 0 fully saturated rings. The SMILES string of the molecule is CC(=O)c1cccc(NC(=O)c2ccc(-c3ccc(C)cc3)[nH]c2=O)c1. The van der Waals surface area contributed by atoms with Crippen molar-refractivity contribution in [1.29, 1.82) is 0 Å². The zero-order valence-electron chi connectivity index (χ0n) is 14.5. The van der Waals surface area contributed by atoms with Crippen molar-refractivity contribution in [2.45, 2.75) is 13.8 Å². The average molecular weight is 346 g/mol. The van der Waals surface area contributed by atoms with Crippen molar-refractivity contribution in [2.24, 2.45) is 0 Å². The number of aryl methyl sites for hydroxylation is 1. The van der Waals surface area contributed by atoms with Gasteiger partial charge >= 0.3 is 0 Å². The van der Waals surface area contributed by atoms with E-state index in [1.807, 2.05) is 31.2 Å². The first kappa shape index (κ1) is 17.4. The van der Waals surface area contributed by atoms with Gasteiger partial charge in [0.1, 0.15) is 5.56 Å². The second-order valence-corrected chi connectivity index (χ2v) is 6.07. The van der Waals surface area contributed by atoms with Crippen LogP contribution in [0.2, 0.25) is 0 Å². The summed E-state index contributed by atoms with van der Waals surface area (Å²) in [5.74, 6) is -0.621. The van der Waals surface area contributed by atoms with E-state index in [4.69, 9.17) is 0 Å². The number of anilines is 1. The van der Waals surface area contributed by atoms with Crippen LogP contribution in [0, 0.1) is 6.92 Å². The zero-order chi connectivity index (χ0) is 18.7.